The summed E-state index contributed by atoms with van der Waals surface area (Å²) in [5, 5.41) is 16.8. The number of aliphatic hydroxyl groups excluding tert-OH is 1. The van der Waals surface area contributed by atoms with Crippen molar-refractivity contribution in [2.24, 2.45) is 5.92 Å². The number of nitrogens with one attached hydrogen (secondary N) is 2. The molecule has 0 bridgehead atoms. The molecule has 3 N–H and O–H groups in total. The van der Waals surface area contributed by atoms with Gasteiger partial charge in [0.25, 0.3) is 0 Å². The van der Waals surface area contributed by atoms with E-state index < -0.39 is 11.2 Å². The molecule has 0 amide bonds. The summed E-state index contributed by atoms with van der Waals surface area (Å²) in [6.45, 7) is 10.3. The quantitative estimate of drug-likeness (QED) is 0.468. The van der Waals surface area contributed by atoms with Gasteiger partial charge in [0, 0.05) is 45.2 Å². The highest BCUT2D eigenvalue weighted by molar-refractivity contribution is 7.91. The molecule has 1 saturated heterocycles. The van der Waals surface area contributed by atoms with E-state index in [2.05, 4.69) is 41.2 Å². The van der Waals surface area contributed by atoms with Gasteiger partial charge in [0.15, 0.2) is 5.82 Å². The van der Waals surface area contributed by atoms with Crippen LogP contribution in [-0.4, -0.2) is 80.2 Å². The van der Waals surface area contributed by atoms with Crippen molar-refractivity contribution >= 4 is 28.8 Å². The van der Waals surface area contributed by atoms with Crippen molar-refractivity contribution in [2.45, 2.75) is 70.0 Å². The normalized spacial score (nSPS) is 22.8. The van der Waals surface area contributed by atoms with Crippen molar-refractivity contribution in [3.8, 4) is 0 Å². The van der Waals surface area contributed by atoms with Crippen LogP contribution in [0.4, 0.5) is 17.6 Å². The molecule has 3 atom stereocenters. The fraction of sp³-hybridized carbons (Fsp3) is 0.680. The molecule has 2 aromatic heterocycles. The lowest BCUT2D eigenvalue weighted by atomic mass is 10.1. The van der Waals surface area contributed by atoms with Crippen molar-refractivity contribution < 1.29 is 9.66 Å². The number of hydrogen-bond acceptors (Lipinski definition) is 10. The predicted octanol–water partition coefficient (Wildman–Crippen LogP) is 1.50. The first-order valence-corrected chi connectivity index (χ1v) is 14.5. The minimum absolute atomic E-state index is 0.00589. The predicted molar refractivity (Wildman–Crippen MR) is 142 cm³/mol. The van der Waals surface area contributed by atoms with Gasteiger partial charge >= 0.3 is 0 Å². The molecule has 0 spiro atoms. The Hall–Kier alpha value is -2.21. The molecule has 0 saturated carbocycles. The SMILES string of the molecule is CCC1CCc2nc(N3CCN(c4nc5c(c(N[C@@H](CO)C(C)C)n4)[S+]([O-])CC5)CC3)cnc2CN1. The first-order chi connectivity index (χ1) is 17.5. The number of fused-ring (bicyclic) bond motifs is 2. The van der Waals surface area contributed by atoms with Crippen molar-refractivity contribution in [2.75, 3.05) is 53.7 Å². The van der Waals surface area contributed by atoms with Gasteiger partial charge in [-0.05, 0) is 36.4 Å². The second-order valence-electron chi connectivity index (χ2n) is 10.2. The van der Waals surface area contributed by atoms with Gasteiger partial charge in [-0.2, -0.15) is 4.98 Å². The monoisotopic (exact) mass is 514 g/mol. The van der Waals surface area contributed by atoms with Crippen LogP contribution < -0.4 is 20.4 Å². The first-order valence-electron chi connectivity index (χ1n) is 13.2. The lowest BCUT2D eigenvalue weighted by Gasteiger charge is -2.35. The van der Waals surface area contributed by atoms with E-state index in [4.69, 9.17) is 19.9 Å². The highest BCUT2D eigenvalue weighted by Gasteiger charge is 2.34. The van der Waals surface area contributed by atoms with Crippen LogP contribution in [0.15, 0.2) is 11.1 Å². The molecule has 3 aliphatic rings. The number of rotatable bonds is 7. The van der Waals surface area contributed by atoms with E-state index in [0.29, 0.717) is 34.9 Å². The highest BCUT2D eigenvalue weighted by Crippen LogP contribution is 2.33. The molecule has 0 aliphatic carbocycles. The Labute approximate surface area is 216 Å². The Kier molecular flexibility index (Phi) is 7.80. The molecule has 2 aromatic rings. The summed E-state index contributed by atoms with van der Waals surface area (Å²) in [4.78, 5) is 24.6. The van der Waals surface area contributed by atoms with E-state index in [1.54, 1.807) is 0 Å². The Bertz CT molecular complexity index is 1060. The summed E-state index contributed by atoms with van der Waals surface area (Å²) in [7, 11) is 0. The summed E-state index contributed by atoms with van der Waals surface area (Å²) in [6.07, 6.45) is 5.79. The van der Waals surface area contributed by atoms with E-state index in [9.17, 15) is 9.66 Å². The average Bonchev–Trinajstić information content (AvgIpc) is 3.15. The molecule has 11 heteroatoms. The minimum atomic E-state index is -1.11. The van der Waals surface area contributed by atoms with Crippen LogP contribution in [0, 0.1) is 5.92 Å². The fourth-order valence-corrected chi connectivity index (χ4v) is 6.42. The third kappa shape index (κ3) is 5.25. The maximum atomic E-state index is 12.7. The molecular formula is C25H38N8O2S. The third-order valence-corrected chi connectivity index (χ3v) is 9.04. The number of aromatic nitrogens is 4. The van der Waals surface area contributed by atoms with Crippen molar-refractivity contribution in [1.29, 1.82) is 0 Å². The fourth-order valence-electron chi connectivity index (χ4n) is 5.10. The molecule has 5 rings (SSSR count). The summed E-state index contributed by atoms with van der Waals surface area (Å²) >= 11 is -1.11. The molecule has 0 radical (unpaired) electrons. The van der Waals surface area contributed by atoms with Crippen molar-refractivity contribution in [3.05, 3.63) is 23.3 Å². The van der Waals surface area contributed by atoms with Gasteiger partial charge < -0.3 is 30.1 Å². The largest absolute Gasteiger partial charge is 0.611 e. The van der Waals surface area contributed by atoms with Crippen LogP contribution in [0.2, 0.25) is 0 Å². The van der Waals surface area contributed by atoms with Crippen molar-refractivity contribution in [1.82, 2.24) is 25.3 Å². The molecular weight excluding hydrogens is 476 g/mol. The smallest absolute Gasteiger partial charge is 0.228 e. The summed E-state index contributed by atoms with van der Waals surface area (Å²) in [6, 6.07) is 0.381. The highest BCUT2D eigenvalue weighted by atomic mass is 32.2. The molecule has 5 heterocycles. The van der Waals surface area contributed by atoms with Crippen molar-refractivity contribution in [3.63, 3.8) is 0 Å². The Morgan fingerprint density at radius 3 is 2.61 bits per heavy atom. The zero-order valence-electron chi connectivity index (χ0n) is 21.5. The van der Waals surface area contributed by atoms with Gasteiger partial charge in [-0.3, -0.25) is 4.98 Å². The van der Waals surface area contributed by atoms with E-state index in [-0.39, 0.29) is 18.6 Å². The van der Waals surface area contributed by atoms with E-state index in [1.165, 1.54) is 0 Å². The van der Waals surface area contributed by atoms with Gasteiger partial charge in [-0.15, -0.1) is 0 Å². The lowest BCUT2D eigenvalue weighted by molar-refractivity contribution is 0.248. The molecule has 2 unspecified atom stereocenters. The van der Waals surface area contributed by atoms with Crippen LogP contribution in [0.1, 0.15) is 50.7 Å². The molecule has 10 nitrogen and oxygen atoms in total. The molecule has 0 aromatic carbocycles. The number of aryl methyl sites for hydroxylation is 2. The van der Waals surface area contributed by atoms with Crippen LogP contribution in [0.3, 0.4) is 0 Å². The van der Waals surface area contributed by atoms with Gasteiger partial charge in [0.05, 0.1) is 30.2 Å². The summed E-state index contributed by atoms with van der Waals surface area (Å²) in [5.74, 6) is 3.01. The second-order valence-corrected chi connectivity index (χ2v) is 11.8. The molecule has 1 fully saturated rings. The molecule has 196 valence electrons. The number of hydrogen-bond donors (Lipinski definition) is 3. The minimum Gasteiger partial charge on any atom is -0.611 e. The number of nitrogens with zero attached hydrogens (tertiary/aromatic N) is 6. The summed E-state index contributed by atoms with van der Waals surface area (Å²) < 4.78 is 12.7. The van der Waals surface area contributed by atoms with Crippen LogP contribution >= 0.6 is 0 Å². The number of aliphatic hydroxyl groups is 1. The Morgan fingerprint density at radius 2 is 1.89 bits per heavy atom. The zero-order valence-corrected chi connectivity index (χ0v) is 22.4. The average molecular weight is 515 g/mol. The van der Waals surface area contributed by atoms with E-state index >= 15 is 0 Å². The van der Waals surface area contributed by atoms with E-state index in [1.807, 2.05) is 6.20 Å². The van der Waals surface area contributed by atoms with Crippen LogP contribution in [0.25, 0.3) is 0 Å². The van der Waals surface area contributed by atoms with E-state index in [0.717, 1.165) is 74.9 Å². The molecule has 3 aliphatic heterocycles. The number of piperazine rings is 1. The van der Waals surface area contributed by atoms with Gasteiger partial charge in [0.2, 0.25) is 10.8 Å². The lowest BCUT2D eigenvalue weighted by Crippen LogP contribution is -2.47. The second kappa shape index (κ2) is 11.0. The van der Waals surface area contributed by atoms with Gasteiger partial charge in [-0.1, -0.05) is 20.8 Å². The number of anilines is 3. The van der Waals surface area contributed by atoms with Crippen LogP contribution in [-0.2, 0) is 30.6 Å². The summed E-state index contributed by atoms with van der Waals surface area (Å²) in [5.41, 5.74) is 3.05. The topological polar surface area (TPSA) is 125 Å². The molecule has 36 heavy (non-hydrogen) atoms. The standard InChI is InChI=1S/C25H38N8O2S/c1-4-17-5-6-18-20(13-26-17)27-14-22(28-18)32-8-10-33(11-9-32)25-30-19-7-12-36(35)23(19)24(31-25)29-21(15-34)16(2)3/h14,16-17,21,26,34H,4-13,15H2,1-3H3,(H,29,30,31)/t17?,21-,36?/m0/s1. The van der Waals surface area contributed by atoms with Crippen LogP contribution in [0.5, 0.6) is 0 Å². The van der Waals surface area contributed by atoms with Gasteiger partial charge in [-0.25, -0.2) is 9.97 Å². The maximum Gasteiger partial charge on any atom is 0.228 e. The first kappa shape index (κ1) is 25.4. The zero-order chi connectivity index (χ0) is 25.2. The Morgan fingerprint density at radius 1 is 1.11 bits per heavy atom. The van der Waals surface area contributed by atoms with Gasteiger partial charge in [0.1, 0.15) is 17.3 Å². The third-order valence-electron chi connectivity index (χ3n) is 7.58. The maximum absolute atomic E-state index is 12.7. The Balaban J connectivity index is 1.30.